The molecule has 5 nitrogen and oxygen atoms in total. The fourth-order valence-electron chi connectivity index (χ4n) is 2.16. The number of hydrogen-bond donors (Lipinski definition) is 2. The van der Waals surface area contributed by atoms with Gasteiger partial charge in [-0.2, -0.15) is 0 Å². The normalized spacial score (nSPS) is 25.3. The molecule has 16 heavy (non-hydrogen) atoms. The predicted molar refractivity (Wildman–Crippen MR) is 60.3 cm³/mol. The molecular formula is C11H14N4O. The van der Waals surface area contributed by atoms with E-state index in [-0.39, 0.29) is 0 Å². The van der Waals surface area contributed by atoms with E-state index in [0.717, 1.165) is 30.1 Å². The number of fused-ring (bicyclic) bond motifs is 1. The van der Waals surface area contributed by atoms with Gasteiger partial charge in [-0.3, -0.25) is 4.98 Å². The molecule has 1 saturated heterocycles. The molecule has 0 radical (unpaired) electrons. The van der Waals surface area contributed by atoms with Crippen LogP contribution in [0.1, 0.15) is 11.7 Å². The zero-order chi connectivity index (χ0) is 11.0. The number of pyridine rings is 1. The Hall–Kier alpha value is -1.46. The van der Waals surface area contributed by atoms with Crippen LogP contribution in [0.2, 0.25) is 0 Å². The fourth-order valence-corrected chi connectivity index (χ4v) is 2.16. The van der Waals surface area contributed by atoms with Crippen molar-refractivity contribution in [1.82, 2.24) is 20.3 Å². The summed E-state index contributed by atoms with van der Waals surface area (Å²) in [5.41, 5.74) is 1.95. The zero-order valence-corrected chi connectivity index (χ0v) is 9.10. The largest absolute Gasteiger partial charge is 0.379 e. The third-order valence-electron chi connectivity index (χ3n) is 3.10. The van der Waals surface area contributed by atoms with Gasteiger partial charge < -0.3 is 15.0 Å². The van der Waals surface area contributed by atoms with Crippen LogP contribution in [0.4, 0.5) is 0 Å². The van der Waals surface area contributed by atoms with Crippen LogP contribution in [0.25, 0.3) is 11.0 Å². The molecule has 0 amide bonds. The van der Waals surface area contributed by atoms with Crippen molar-refractivity contribution in [3.05, 3.63) is 24.3 Å². The van der Waals surface area contributed by atoms with Gasteiger partial charge in [0.2, 0.25) is 0 Å². The van der Waals surface area contributed by atoms with Gasteiger partial charge in [0.05, 0.1) is 36.4 Å². The summed E-state index contributed by atoms with van der Waals surface area (Å²) >= 11 is 0. The van der Waals surface area contributed by atoms with Crippen molar-refractivity contribution in [2.24, 2.45) is 0 Å². The Balaban J connectivity index is 1.99. The Labute approximate surface area is 93.2 Å². The molecular weight excluding hydrogens is 204 g/mol. The number of rotatable bonds is 2. The summed E-state index contributed by atoms with van der Waals surface area (Å²) in [5, 5.41) is 3.26. The Morgan fingerprint density at radius 2 is 2.44 bits per heavy atom. The number of H-pyrrole nitrogens is 1. The number of aromatic nitrogens is 3. The van der Waals surface area contributed by atoms with E-state index in [0.29, 0.717) is 12.0 Å². The van der Waals surface area contributed by atoms with Gasteiger partial charge in [-0.05, 0) is 13.1 Å². The van der Waals surface area contributed by atoms with Crippen LogP contribution in [-0.4, -0.2) is 41.3 Å². The predicted octanol–water partition coefficient (Wildman–Crippen LogP) is 0.660. The molecule has 2 N–H and O–H groups in total. The van der Waals surface area contributed by atoms with Crippen LogP contribution in [-0.2, 0) is 4.74 Å². The van der Waals surface area contributed by atoms with Gasteiger partial charge in [0.1, 0.15) is 5.82 Å². The second-order valence-electron chi connectivity index (χ2n) is 4.05. The second-order valence-corrected chi connectivity index (χ2v) is 4.05. The first-order chi connectivity index (χ1) is 7.88. The van der Waals surface area contributed by atoms with Crippen LogP contribution in [0.5, 0.6) is 0 Å². The van der Waals surface area contributed by atoms with Crippen LogP contribution < -0.4 is 5.32 Å². The molecule has 84 valence electrons. The molecule has 2 unspecified atom stereocenters. The minimum Gasteiger partial charge on any atom is -0.379 e. The van der Waals surface area contributed by atoms with Crippen molar-refractivity contribution in [3.8, 4) is 0 Å². The molecule has 1 fully saturated rings. The van der Waals surface area contributed by atoms with Gasteiger partial charge in [-0.25, -0.2) is 4.98 Å². The number of nitrogens with one attached hydrogen (secondary N) is 2. The number of ether oxygens (including phenoxy) is 1. The highest BCUT2D eigenvalue weighted by Crippen LogP contribution is 2.24. The fraction of sp³-hybridized carbons (Fsp3) is 0.455. The Bertz CT molecular complexity index is 462. The number of hydrogen-bond acceptors (Lipinski definition) is 4. The summed E-state index contributed by atoms with van der Waals surface area (Å²) in [5.74, 6) is 1.29. The molecule has 2 aromatic rings. The van der Waals surface area contributed by atoms with Gasteiger partial charge in [0, 0.05) is 12.2 Å². The SMILES string of the molecule is CNC1COCC1c1nc2ccncc2[nH]1. The van der Waals surface area contributed by atoms with Gasteiger partial charge in [-0.15, -0.1) is 0 Å². The number of likely N-dealkylation sites (N-methyl/N-ethyl adjacent to an activating group) is 1. The van der Waals surface area contributed by atoms with Crippen molar-refractivity contribution >= 4 is 11.0 Å². The quantitative estimate of drug-likeness (QED) is 0.777. The summed E-state index contributed by atoms with van der Waals surface area (Å²) in [6.45, 7) is 1.47. The van der Waals surface area contributed by atoms with Crippen molar-refractivity contribution in [3.63, 3.8) is 0 Å². The third-order valence-corrected chi connectivity index (χ3v) is 3.10. The molecule has 0 saturated carbocycles. The van der Waals surface area contributed by atoms with E-state index in [4.69, 9.17) is 4.74 Å². The minimum absolute atomic E-state index is 0.303. The Morgan fingerprint density at radius 1 is 1.50 bits per heavy atom. The Morgan fingerprint density at radius 3 is 3.25 bits per heavy atom. The molecule has 1 aliphatic heterocycles. The summed E-state index contributed by atoms with van der Waals surface area (Å²) in [4.78, 5) is 12.0. The van der Waals surface area contributed by atoms with Gasteiger partial charge in [-0.1, -0.05) is 0 Å². The van der Waals surface area contributed by atoms with Crippen molar-refractivity contribution in [2.45, 2.75) is 12.0 Å². The van der Waals surface area contributed by atoms with E-state index in [1.807, 2.05) is 13.1 Å². The highest BCUT2D eigenvalue weighted by molar-refractivity contribution is 5.73. The lowest BCUT2D eigenvalue weighted by molar-refractivity contribution is 0.188. The molecule has 3 rings (SSSR count). The molecule has 5 heteroatoms. The lowest BCUT2D eigenvalue weighted by Gasteiger charge is -2.13. The van der Waals surface area contributed by atoms with Crippen LogP contribution >= 0.6 is 0 Å². The molecule has 1 aliphatic rings. The molecule has 2 atom stereocenters. The van der Waals surface area contributed by atoms with E-state index < -0.39 is 0 Å². The Kier molecular flexibility index (Phi) is 2.34. The van der Waals surface area contributed by atoms with E-state index in [1.54, 1.807) is 12.4 Å². The summed E-state index contributed by atoms with van der Waals surface area (Å²) in [6.07, 6.45) is 3.56. The maximum atomic E-state index is 5.47. The monoisotopic (exact) mass is 218 g/mol. The maximum Gasteiger partial charge on any atom is 0.114 e. The molecule has 0 spiro atoms. The highest BCUT2D eigenvalue weighted by Gasteiger charge is 2.30. The van der Waals surface area contributed by atoms with Gasteiger partial charge in [0.25, 0.3) is 0 Å². The first-order valence-corrected chi connectivity index (χ1v) is 5.43. The van der Waals surface area contributed by atoms with Gasteiger partial charge >= 0.3 is 0 Å². The first kappa shape index (κ1) is 9.74. The van der Waals surface area contributed by atoms with E-state index >= 15 is 0 Å². The number of nitrogens with zero attached hydrogens (tertiary/aromatic N) is 2. The smallest absolute Gasteiger partial charge is 0.114 e. The van der Waals surface area contributed by atoms with E-state index in [1.165, 1.54) is 0 Å². The number of imidazole rings is 1. The average molecular weight is 218 g/mol. The highest BCUT2D eigenvalue weighted by atomic mass is 16.5. The first-order valence-electron chi connectivity index (χ1n) is 5.43. The molecule has 0 aromatic carbocycles. The van der Waals surface area contributed by atoms with E-state index in [9.17, 15) is 0 Å². The number of aromatic amines is 1. The lowest BCUT2D eigenvalue weighted by Crippen LogP contribution is -2.31. The van der Waals surface area contributed by atoms with E-state index in [2.05, 4.69) is 20.3 Å². The van der Waals surface area contributed by atoms with Crippen LogP contribution in [0.3, 0.4) is 0 Å². The molecule has 0 aliphatic carbocycles. The minimum atomic E-state index is 0.303. The summed E-state index contributed by atoms with van der Waals surface area (Å²) in [6, 6.07) is 2.26. The second kappa shape index (κ2) is 3.84. The van der Waals surface area contributed by atoms with Crippen molar-refractivity contribution < 1.29 is 4.74 Å². The molecule has 0 bridgehead atoms. The van der Waals surface area contributed by atoms with Crippen molar-refractivity contribution in [2.75, 3.05) is 20.3 Å². The van der Waals surface area contributed by atoms with Crippen LogP contribution in [0.15, 0.2) is 18.5 Å². The van der Waals surface area contributed by atoms with Crippen LogP contribution in [0, 0.1) is 0 Å². The summed E-state index contributed by atoms with van der Waals surface area (Å²) in [7, 11) is 1.95. The lowest BCUT2D eigenvalue weighted by atomic mass is 10.0. The molecule has 3 heterocycles. The standard InChI is InChI=1S/C11H14N4O/c1-12-10-6-16-5-7(10)11-14-8-2-3-13-4-9(8)15-11/h2-4,7,10,12H,5-6H2,1H3,(H,14,15). The topological polar surface area (TPSA) is 62.8 Å². The van der Waals surface area contributed by atoms with Gasteiger partial charge in [0.15, 0.2) is 0 Å². The third kappa shape index (κ3) is 1.48. The van der Waals surface area contributed by atoms with Crippen molar-refractivity contribution in [1.29, 1.82) is 0 Å². The molecule has 2 aromatic heterocycles. The average Bonchev–Trinajstić information content (AvgIpc) is 2.94. The zero-order valence-electron chi connectivity index (χ0n) is 9.10. The maximum absolute atomic E-state index is 5.47. The summed E-state index contributed by atoms with van der Waals surface area (Å²) < 4.78 is 5.47.